The van der Waals surface area contributed by atoms with E-state index in [0.29, 0.717) is 6.54 Å². The van der Waals surface area contributed by atoms with Crippen LogP contribution in [-0.2, 0) is 0 Å². The lowest BCUT2D eigenvalue weighted by molar-refractivity contribution is -0.769. The van der Waals surface area contributed by atoms with Gasteiger partial charge in [0.05, 0.1) is 0 Å². The van der Waals surface area contributed by atoms with Gasteiger partial charge < -0.3 is 10.3 Å². The quantitative estimate of drug-likeness (QED) is 0.667. The fourth-order valence-electron chi connectivity index (χ4n) is 1.32. The van der Waals surface area contributed by atoms with Crippen LogP contribution in [0.1, 0.15) is 5.56 Å². The summed E-state index contributed by atoms with van der Waals surface area (Å²) in [5.74, 6) is 0. The van der Waals surface area contributed by atoms with Crippen molar-refractivity contribution < 1.29 is 5.06 Å². The maximum Gasteiger partial charge on any atom is 0.139 e. The number of rotatable bonds is 0. The first-order valence-corrected chi connectivity index (χ1v) is 4.56. The third-order valence-corrected chi connectivity index (χ3v) is 2.41. The van der Waals surface area contributed by atoms with Crippen LogP contribution in [0.25, 0.3) is 6.08 Å². The van der Waals surface area contributed by atoms with E-state index in [-0.39, 0.29) is 5.06 Å². The molecule has 12 heavy (non-hydrogen) atoms. The molecule has 1 aliphatic rings. The molecular formula is C9H8BrNO. The fraction of sp³-hybridized carbons (Fsp3) is 0.111. The molecule has 62 valence electrons. The lowest BCUT2D eigenvalue weighted by atomic mass is 10.1. The standard InChI is InChI=1S/C9H8BrNO/c10-8-4-3-7-2-1-5-11(12)9(7)6-8/h1-4,6,11H,5H2. The first-order valence-electron chi connectivity index (χ1n) is 3.76. The van der Waals surface area contributed by atoms with Crippen molar-refractivity contribution in [1.29, 1.82) is 0 Å². The summed E-state index contributed by atoms with van der Waals surface area (Å²) in [4.78, 5) is 0. The number of hydroxylamine groups is 1. The maximum absolute atomic E-state index is 11.4. The highest BCUT2D eigenvalue weighted by molar-refractivity contribution is 9.10. The molecule has 1 atom stereocenters. The van der Waals surface area contributed by atoms with Gasteiger partial charge in [-0.25, -0.2) is 0 Å². The highest BCUT2D eigenvalue weighted by Crippen LogP contribution is 2.20. The molecule has 0 spiro atoms. The van der Waals surface area contributed by atoms with Crippen molar-refractivity contribution >= 4 is 27.7 Å². The summed E-state index contributed by atoms with van der Waals surface area (Å²) in [5, 5.41) is 11.6. The average molecular weight is 226 g/mol. The summed E-state index contributed by atoms with van der Waals surface area (Å²) in [7, 11) is 0. The number of hydrogen-bond acceptors (Lipinski definition) is 1. The predicted molar refractivity (Wildman–Crippen MR) is 52.0 cm³/mol. The van der Waals surface area contributed by atoms with Crippen LogP contribution in [0.15, 0.2) is 28.7 Å². The summed E-state index contributed by atoms with van der Waals surface area (Å²) in [6.45, 7) is 0.531. The molecule has 1 aliphatic heterocycles. The Balaban J connectivity index is 2.56. The number of benzene rings is 1. The Bertz CT molecular complexity index is 335. The van der Waals surface area contributed by atoms with Crippen molar-refractivity contribution in [1.82, 2.24) is 0 Å². The normalized spacial score (nSPS) is 20.7. The molecule has 1 aromatic rings. The van der Waals surface area contributed by atoms with Crippen LogP contribution in [0, 0.1) is 5.21 Å². The van der Waals surface area contributed by atoms with Crippen LogP contribution < -0.4 is 5.06 Å². The smallest absolute Gasteiger partial charge is 0.139 e. The van der Waals surface area contributed by atoms with Gasteiger partial charge in [-0.05, 0) is 24.3 Å². The van der Waals surface area contributed by atoms with Crippen LogP contribution in [0.2, 0.25) is 0 Å². The molecule has 0 bridgehead atoms. The number of fused-ring (bicyclic) bond motifs is 1. The molecule has 0 radical (unpaired) electrons. The Labute approximate surface area is 79.2 Å². The van der Waals surface area contributed by atoms with Gasteiger partial charge in [-0.1, -0.05) is 15.9 Å². The number of halogens is 1. The van der Waals surface area contributed by atoms with E-state index in [1.165, 1.54) is 0 Å². The minimum atomic E-state index is 0.203. The van der Waals surface area contributed by atoms with E-state index >= 15 is 0 Å². The van der Waals surface area contributed by atoms with Crippen LogP contribution >= 0.6 is 15.9 Å². The van der Waals surface area contributed by atoms with Crippen molar-refractivity contribution in [2.45, 2.75) is 0 Å². The lowest BCUT2D eigenvalue weighted by Crippen LogP contribution is -3.02. The van der Waals surface area contributed by atoms with Crippen molar-refractivity contribution in [3.63, 3.8) is 0 Å². The monoisotopic (exact) mass is 225 g/mol. The Morgan fingerprint density at radius 3 is 3.08 bits per heavy atom. The molecule has 1 heterocycles. The highest BCUT2D eigenvalue weighted by atomic mass is 79.9. The maximum atomic E-state index is 11.4. The second-order valence-electron chi connectivity index (χ2n) is 2.76. The van der Waals surface area contributed by atoms with Gasteiger partial charge in [0.2, 0.25) is 0 Å². The van der Waals surface area contributed by atoms with Gasteiger partial charge in [0.1, 0.15) is 12.2 Å². The van der Waals surface area contributed by atoms with E-state index in [2.05, 4.69) is 15.9 Å². The van der Waals surface area contributed by atoms with E-state index in [1.54, 1.807) is 0 Å². The Kier molecular flexibility index (Phi) is 2.00. The van der Waals surface area contributed by atoms with E-state index in [1.807, 2.05) is 30.4 Å². The SMILES string of the molecule is [O-][NH+]1CC=Cc2ccc(Br)cc21. The van der Waals surface area contributed by atoms with Gasteiger partial charge in [-0.15, -0.1) is 0 Å². The molecule has 3 heteroatoms. The summed E-state index contributed by atoms with van der Waals surface area (Å²) in [6.07, 6.45) is 3.89. The van der Waals surface area contributed by atoms with Crippen LogP contribution in [-0.4, -0.2) is 6.54 Å². The summed E-state index contributed by atoms with van der Waals surface area (Å²) >= 11 is 3.34. The predicted octanol–water partition coefficient (Wildman–Crippen LogP) is 1.49. The van der Waals surface area contributed by atoms with Gasteiger partial charge in [-0.3, -0.25) is 0 Å². The van der Waals surface area contributed by atoms with Crippen molar-refractivity contribution in [3.05, 3.63) is 39.5 Å². The van der Waals surface area contributed by atoms with Crippen LogP contribution in [0.3, 0.4) is 0 Å². The van der Waals surface area contributed by atoms with E-state index in [9.17, 15) is 5.21 Å². The third-order valence-electron chi connectivity index (χ3n) is 1.92. The second-order valence-corrected chi connectivity index (χ2v) is 3.68. The first-order chi connectivity index (χ1) is 5.77. The Hall–Kier alpha value is -0.640. The number of nitrogens with one attached hydrogen (secondary N) is 1. The topological polar surface area (TPSA) is 27.5 Å². The highest BCUT2D eigenvalue weighted by Gasteiger charge is 2.10. The fourth-order valence-corrected chi connectivity index (χ4v) is 1.68. The zero-order valence-corrected chi connectivity index (χ0v) is 7.97. The van der Waals surface area contributed by atoms with Gasteiger partial charge >= 0.3 is 0 Å². The molecule has 1 unspecified atom stereocenters. The summed E-state index contributed by atoms with van der Waals surface area (Å²) < 4.78 is 0.963. The minimum absolute atomic E-state index is 0.203. The molecule has 0 saturated carbocycles. The third kappa shape index (κ3) is 1.31. The molecule has 0 saturated heterocycles. The molecule has 1 aromatic carbocycles. The molecule has 2 rings (SSSR count). The minimum Gasteiger partial charge on any atom is -0.629 e. The van der Waals surface area contributed by atoms with Gasteiger partial charge in [0.15, 0.2) is 0 Å². The van der Waals surface area contributed by atoms with Gasteiger partial charge in [-0.2, -0.15) is 0 Å². The number of quaternary nitrogens is 1. The molecular weight excluding hydrogens is 218 g/mol. The largest absolute Gasteiger partial charge is 0.629 e. The molecule has 0 amide bonds. The molecule has 0 aromatic heterocycles. The number of hydrogen-bond donors (Lipinski definition) is 1. The van der Waals surface area contributed by atoms with E-state index < -0.39 is 0 Å². The summed E-state index contributed by atoms with van der Waals surface area (Å²) in [5.41, 5.74) is 1.85. The molecule has 0 fully saturated rings. The van der Waals surface area contributed by atoms with Gasteiger partial charge in [0, 0.05) is 16.1 Å². The molecule has 0 aliphatic carbocycles. The lowest BCUT2D eigenvalue weighted by Gasteiger charge is -2.24. The Morgan fingerprint density at radius 1 is 1.42 bits per heavy atom. The van der Waals surface area contributed by atoms with E-state index in [0.717, 1.165) is 15.7 Å². The molecule has 2 nitrogen and oxygen atoms in total. The van der Waals surface area contributed by atoms with Crippen molar-refractivity contribution in [2.24, 2.45) is 0 Å². The zero-order chi connectivity index (χ0) is 8.55. The molecule has 1 N–H and O–H groups in total. The summed E-state index contributed by atoms with van der Waals surface area (Å²) in [6, 6.07) is 5.77. The van der Waals surface area contributed by atoms with Crippen LogP contribution in [0.5, 0.6) is 0 Å². The zero-order valence-electron chi connectivity index (χ0n) is 6.38. The van der Waals surface area contributed by atoms with E-state index in [4.69, 9.17) is 0 Å². The Morgan fingerprint density at radius 2 is 2.25 bits per heavy atom. The average Bonchev–Trinajstić information content (AvgIpc) is 2.07. The van der Waals surface area contributed by atoms with Crippen molar-refractivity contribution in [2.75, 3.05) is 6.54 Å². The van der Waals surface area contributed by atoms with Crippen LogP contribution in [0.4, 0.5) is 5.69 Å². The first kappa shape index (κ1) is 7.98. The van der Waals surface area contributed by atoms with Crippen molar-refractivity contribution in [3.8, 4) is 0 Å². The second kappa shape index (κ2) is 3.01. The van der Waals surface area contributed by atoms with Gasteiger partial charge in [0.25, 0.3) is 0 Å².